The first-order valence-electron chi connectivity index (χ1n) is 13.0. The van der Waals surface area contributed by atoms with Crippen LogP contribution in [0.3, 0.4) is 0 Å². The fourth-order valence-corrected chi connectivity index (χ4v) is 4.06. The molecule has 0 aliphatic carbocycles. The highest BCUT2D eigenvalue weighted by atomic mass is 16.6. The van der Waals surface area contributed by atoms with Crippen LogP contribution < -0.4 is 0 Å². The first kappa shape index (κ1) is 28.6. The summed E-state index contributed by atoms with van der Waals surface area (Å²) in [4.78, 5) is 0. The van der Waals surface area contributed by atoms with Gasteiger partial charge in [0.15, 0.2) is 0 Å². The van der Waals surface area contributed by atoms with Crippen molar-refractivity contribution in [1.82, 2.24) is 0 Å². The van der Waals surface area contributed by atoms with E-state index in [1.807, 2.05) is 0 Å². The van der Waals surface area contributed by atoms with Crippen molar-refractivity contribution in [1.29, 1.82) is 0 Å². The highest BCUT2D eigenvalue weighted by molar-refractivity contribution is 4.86. The lowest BCUT2D eigenvalue weighted by Crippen LogP contribution is -2.54. The molecule has 1 heterocycles. The van der Waals surface area contributed by atoms with E-state index >= 15 is 0 Å². The summed E-state index contributed by atoms with van der Waals surface area (Å²) in [6.07, 6.45) is 22.0. The van der Waals surface area contributed by atoms with Crippen LogP contribution in [0.5, 0.6) is 0 Å². The molecule has 0 unspecified atom stereocenters. The van der Waals surface area contributed by atoms with Gasteiger partial charge in [0.2, 0.25) is 0 Å². The molecular weight excluding hydrogens is 392 g/mol. The molecule has 5 nitrogen and oxygen atoms in total. The van der Waals surface area contributed by atoms with Crippen LogP contribution in [-0.2, 0) is 9.47 Å². The van der Waals surface area contributed by atoms with Crippen LogP contribution in [0.1, 0.15) is 110 Å². The lowest BCUT2D eigenvalue weighted by Gasteiger charge is -2.35. The van der Waals surface area contributed by atoms with Crippen molar-refractivity contribution in [3.05, 3.63) is 12.2 Å². The van der Waals surface area contributed by atoms with Crippen molar-refractivity contribution < 1.29 is 24.8 Å². The molecule has 0 aromatic rings. The molecule has 1 aliphatic heterocycles. The maximum absolute atomic E-state index is 9.84. The van der Waals surface area contributed by atoms with E-state index in [0.717, 1.165) is 12.8 Å². The van der Waals surface area contributed by atoms with E-state index in [1.54, 1.807) is 0 Å². The zero-order valence-electron chi connectivity index (χ0n) is 20.1. The number of ether oxygens (including phenoxy) is 2. The number of unbranched alkanes of at least 4 members (excludes halogenated alkanes) is 14. The Morgan fingerprint density at radius 2 is 1.23 bits per heavy atom. The number of hydrogen-bond donors (Lipinski definition) is 3. The van der Waals surface area contributed by atoms with Gasteiger partial charge in [0.05, 0.1) is 19.8 Å². The maximum Gasteiger partial charge on any atom is 0.111 e. The van der Waals surface area contributed by atoms with Crippen LogP contribution in [0.15, 0.2) is 12.2 Å². The van der Waals surface area contributed by atoms with E-state index in [4.69, 9.17) is 9.47 Å². The van der Waals surface area contributed by atoms with Gasteiger partial charge in [-0.3, -0.25) is 0 Å². The average molecular weight is 443 g/mol. The molecule has 0 amide bonds. The van der Waals surface area contributed by atoms with Gasteiger partial charge in [-0.2, -0.15) is 0 Å². The standard InChI is InChI=1S/C26H50O5/c1-2-3-4-5-6-7-8-9-10-11-12-13-14-15-16-17-18-19-20-30-22-24-26(29)25(28)23(27)21-31-24/h17-18,23-29H,2-16,19-22H2,1H3/b18-17+/t23-,24+,25+,26+/m0/s1. The molecule has 1 saturated heterocycles. The molecule has 3 N–H and O–H groups in total. The quantitative estimate of drug-likeness (QED) is 0.176. The molecule has 1 aliphatic rings. The van der Waals surface area contributed by atoms with E-state index in [9.17, 15) is 15.3 Å². The molecule has 4 atom stereocenters. The maximum atomic E-state index is 9.84. The number of hydrogen-bond acceptors (Lipinski definition) is 5. The van der Waals surface area contributed by atoms with E-state index in [-0.39, 0.29) is 13.2 Å². The molecule has 0 aromatic heterocycles. The van der Waals surface area contributed by atoms with Crippen LogP contribution in [0.25, 0.3) is 0 Å². The van der Waals surface area contributed by atoms with Crippen LogP contribution >= 0.6 is 0 Å². The molecule has 1 fully saturated rings. The van der Waals surface area contributed by atoms with Crippen molar-refractivity contribution in [2.24, 2.45) is 0 Å². The normalized spacial score (nSPS) is 24.3. The lowest BCUT2D eigenvalue weighted by molar-refractivity contribution is -0.199. The Kier molecular flexibility index (Phi) is 18.6. The van der Waals surface area contributed by atoms with Gasteiger partial charge in [0.25, 0.3) is 0 Å². The molecule has 0 radical (unpaired) electrons. The summed E-state index contributed by atoms with van der Waals surface area (Å²) < 4.78 is 10.8. The van der Waals surface area contributed by atoms with E-state index in [2.05, 4.69) is 19.1 Å². The van der Waals surface area contributed by atoms with Crippen LogP contribution in [0, 0.1) is 0 Å². The SMILES string of the molecule is CCCCCCCCCCCCCCCC/C=C/CCOC[C@H]1OC[C@H](O)[C@@H](O)[C@@H]1O. The number of aliphatic hydroxyl groups is 3. The minimum Gasteiger partial charge on any atom is -0.388 e. The first-order valence-corrected chi connectivity index (χ1v) is 13.0. The third kappa shape index (κ3) is 15.1. The van der Waals surface area contributed by atoms with Crippen molar-refractivity contribution in [3.63, 3.8) is 0 Å². The smallest absolute Gasteiger partial charge is 0.111 e. The highest BCUT2D eigenvalue weighted by Gasteiger charge is 2.37. The predicted octanol–water partition coefficient (Wildman–Crippen LogP) is 5.30. The van der Waals surface area contributed by atoms with Gasteiger partial charge in [-0.15, -0.1) is 0 Å². The van der Waals surface area contributed by atoms with Crippen LogP contribution in [0.4, 0.5) is 0 Å². The molecular formula is C26H50O5. The molecule has 5 heteroatoms. The largest absolute Gasteiger partial charge is 0.388 e. The second-order valence-corrected chi connectivity index (χ2v) is 9.14. The summed E-state index contributed by atoms with van der Waals surface area (Å²) in [7, 11) is 0. The number of rotatable bonds is 20. The summed E-state index contributed by atoms with van der Waals surface area (Å²) in [5.41, 5.74) is 0. The second-order valence-electron chi connectivity index (χ2n) is 9.14. The first-order chi connectivity index (χ1) is 15.2. The third-order valence-electron chi connectivity index (χ3n) is 6.21. The van der Waals surface area contributed by atoms with Crippen molar-refractivity contribution in [2.45, 2.75) is 134 Å². The fraction of sp³-hybridized carbons (Fsp3) is 0.923. The summed E-state index contributed by atoms with van der Waals surface area (Å²) in [6, 6.07) is 0. The zero-order valence-corrected chi connectivity index (χ0v) is 20.1. The Labute approximate surface area is 191 Å². The molecule has 0 spiro atoms. The number of aliphatic hydroxyl groups excluding tert-OH is 3. The zero-order chi connectivity index (χ0) is 22.6. The Morgan fingerprint density at radius 1 is 0.710 bits per heavy atom. The molecule has 0 bridgehead atoms. The topological polar surface area (TPSA) is 79.2 Å². The second kappa shape index (κ2) is 20.2. The Bertz CT molecular complexity index is 415. The van der Waals surface area contributed by atoms with Gasteiger partial charge in [-0.1, -0.05) is 103 Å². The van der Waals surface area contributed by atoms with Gasteiger partial charge in [-0.25, -0.2) is 0 Å². The Balaban J connectivity index is 1.78. The minimum atomic E-state index is -1.16. The van der Waals surface area contributed by atoms with E-state index in [0.29, 0.717) is 6.61 Å². The van der Waals surface area contributed by atoms with E-state index < -0.39 is 24.4 Å². The fourth-order valence-electron chi connectivity index (χ4n) is 4.06. The molecule has 1 rings (SSSR count). The number of allylic oxidation sites excluding steroid dienone is 1. The predicted molar refractivity (Wildman–Crippen MR) is 127 cm³/mol. The van der Waals surface area contributed by atoms with Crippen molar-refractivity contribution >= 4 is 0 Å². The van der Waals surface area contributed by atoms with Crippen molar-refractivity contribution in [2.75, 3.05) is 19.8 Å². The average Bonchev–Trinajstić information content (AvgIpc) is 2.77. The monoisotopic (exact) mass is 442 g/mol. The lowest BCUT2D eigenvalue weighted by atomic mass is 10.0. The van der Waals surface area contributed by atoms with Crippen LogP contribution in [0.2, 0.25) is 0 Å². The highest BCUT2D eigenvalue weighted by Crippen LogP contribution is 2.16. The van der Waals surface area contributed by atoms with Gasteiger partial charge in [-0.05, 0) is 19.3 Å². The molecule has 0 aromatic carbocycles. The van der Waals surface area contributed by atoms with Crippen molar-refractivity contribution in [3.8, 4) is 0 Å². The van der Waals surface area contributed by atoms with E-state index in [1.165, 1.54) is 89.9 Å². The Hall–Kier alpha value is -0.460. The molecule has 31 heavy (non-hydrogen) atoms. The van der Waals surface area contributed by atoms with Gasteiger partial charge >= 0.3 is 0 Å². The van der Waals surface area contributed by atoms with Gasteiger partial charge in [0, 0.05) is 0 Å². The third-order valence-corrected chi connectivity index (χ3v) is 6.21. The molecule has 0 saturated carbocycles. The van der Waals surface area contributed by atoms with Crippen LogP contribution in [-0.4, -0.2) is 59.6 Å². The van der Waals surface area contributed by atoms with Gasteiger partial charge in [0.1, 0.15) is 24.4 Å². The molecule has 184 valence electrons. The van der Waals surface area contributed by atoms with Gasteiger partial charge < -0.3 is 24.8 Å². The Morgan fingerprint density at radius 3 is 1.81 bits per heavy atom. The summed E-state index contributed by atoms with van der Waals surface area (Å²) >= 11 is 0. The minimum absolute atomic E-state index is 0.0331. The summed E-state index contributed by atoms with van der Waals surface area (Å²) in [6.45, 7) is 3.11. The summed E-state index contributed by atoms with van der Waals surface area (Å²) in [5.74, 6) is 0. The summed E-state index contributed by atoms with van der Waals surface area (Å²) in [5, 5.41) is 28.9.